The van der Waals surface area contributed by atoms with Crippen LogP contribution in [0.1, 0.15) is 5.01 Å². The fraction of sp³-hybridized carbons (Fsp3) is 0.182. The minimum Gasteiger partial charge on any atom is -0.484 e. The maximum Gasteiger partial charge on any atom is 0.269 e. The molecule has 0 unspecified atom stereocenters. The molecule has 1 aromatic heterocycles. The Kier molecular flexibility index (Phi) is 4.20. The number of hydrogen-bond donors (Lipinski definition) is 1. The second-order valence-corrected chi connectivity index (χ2v) is 4.90. The summed E-state index contributed by atoms with van der Waals surface area (Å²) >= 11 is 1.26. The number of ether oxygens (including phenoxy) is 1. The van der Waals surface area contributed by atoms with Crippen LogP contribution in [0.15, 0.2) is 24.3 Å². The van der Waals surface area contributed by atoms with Gasteiger partial charge in [-0.2, -0.15) is 0 Å². The molecule has 9 heteroatoms. The van der Waals surface area contributed by atoms with E-state index in [2.05, 4.69) is 15.5 Å². The van der Waals surface area contributed by atoms with Gasteiger partial charge < -0.3 is 4.74 Å². The van der Waals surface area contributed by atoms with Crippen LogP contribution in [0, 0.1) is 17.0 Å². The predicted molar refractivity (Wildman–Crippen MR) is 71.9 cm³/mol. The minimum atomic E-state index is -0.506. The molecule has 0 saturated heterocycles. The first-order chi connectivity index (χ1) is 9.54. The van der Waals surface area contributed by atoms with E-state index in [1.165, 1.54) is 35.6 Å². The topological polar surface area (TPSA) is 107 Å². The molecule has 2 aromatic rings. The molecule has 0 atom stereocenters. The van der Waals surface area contributed by atoms with Crippen molar-refractivity contribution in [2.75, 3.05) is 11.9 Å². The van der Waals surface area contributed by atoms with E-state index in [0.29, 0.717) is 10.9 Å². The van der Waals surface area contributed by atoms with Crippen LogP contribution in [0.4, 0.5) is 10.8 Å². The molecule has 1 amide bonds. The first-order valence-electron chi connectivity index (χ1n) is 5.52. The van der Waals surface area contributed by atoms with Crippen LogP contribution in [0.25, 0.3) is 0 Å². The second-order valence-electron chi connectivity index (χ2n) is 3.71. The summed E-state index contributed by atoms with van der Waals surface area (Å²) in [5.41, 5.74) is -0.0360. The zero-order valence-corrected chi connectivity index (χ0v) is 11.2. The van der Waals surface area contributed by atoms with Gasteiger partial charge in [0.05, 0.1) is 4.92 Å². The maximum atomic E-state index is 11.6. The Bertz CT molecular complexity index is 626. The number of carbonyl (C=O) groups excluding carboxylic acids is 1. The lowest BCUT2D eigenvalue weighted by Gasteiger charge is -2.05. The van der Waals surface area contributed by atoms with Gasteiger partial charge in [0.15, 0.2) is 6.61 Å². The predicted octanol–water partition coefficient (Wildman–Crippen LogP) is 1.77. The van der Waals surface area contributed by atoms with Crippen molar-refractivity contribution in [2.24, 2.45) is 0 Å². The molecule has 104 valence electrons. The average Bonchev–Trinajstić information content (AvgIpc) is 2.82. The molecule has 0 aliphatic rings. The van der Waals surface area contributed by atoms with E-state index in [0.717, 1.165) is 5.01 Å². The summed E-state index contributed by atoms with van der Waals surface area (Å²) < 4.78 is 5.20. The molecule has 8 nitrogen and oxygen atoms in total. The number of benzene rings is 1. The van der Waals surface area contributed by atoms with Crippen LogP contribution >= 0.6 is 11.3 Å². The number of rotatable bonds is 5. The summed E-state index contributed by atoms with van der Waals surface area (Å²) in [4.78, 5) is 21.5. The van der Waals surface area contributed by atoms with Crippen molar-refractivity contribution in [3.05, 3.63) is 39.4 Å². The van der Waals surface area contributed by atoms with Crippen molar-refractivity contribution in [2.45, 2.75) is 6.92 Å². The number of nitro groups is 1. The van der Waals surface area contributed by atoms with Crippen molar-refractivity contribution in [1.29, 1.82) is 0 Å². The molecule has 20 heavy (non-hydrogen) atoms. The van der Waals surface area contributed by atoms with Gasteiger partial charge in [-0.3, -0.25) is 20.2 Å². The van der Waals surface area contributed by atoms with E-state index in [-0.39, 0.29) is 18.2 Å². The maximum absolute atomic E-state index is 11.6. The second kappa shape index (κ2) is 6.06. The number of hydrogen-bond acceptors (Lipinski definition) is 7. The van der Waals surface area contributed by atoms with Crippen molar-refractivity contribution in [3.8, 4) is 5.75 Å². The quantitative estimate of drug-likeness (QED) is 0.665. The number of nitrogens with zero attached hydrogens (tertiary/aromatic N) is 3. The van der Waals surface area contributed by atoms with E-state index in [4.69, 9.17) is 4.74 Å². The van der Waals surface area contributed by atoms with Crippen LogP contribution in [0.2, 0.25) is 0 Å². The van der Waals surface area contributed by atoms with E-state index in [1.54, 1.807) is 6.92 Å². The van der Waals surface area contributed by atoms with Crippen LogP contribution in [0.3, 0.4) is 0 Å². The van der Waals surface area contributed by atoms with Crippen molar-refractivity contribution in [1.82, 2.24) is 10.2 Å². The number of aromatic nitrogens is 2. The van der Waals surface area contributed by atoms with Crippen LogP contribution in [-0.2, 0) is 4.79 Å². The molecule has 1 aromatic carbocycles. The van der Waals surface area contributed by atoms with Gasteiger partial charge in [-0.1, -0.05) is 11.3 Å². The van der Waals surface area contributed by atoms with Gasteiger partial charge >= 0.3 is 0 Å². The zero-order chi connectivity index (χ0) is 14.5. The number of aryl methyl sites for hydroxylation is 1. The van der Waals surface area contributed by atoms with Crippen LogP contribution < -0.4 is 10.1 Å². The van der Waals surface area contributed by atoms with E-state index >= 15 is 0 Å². The standard InChI is InChI=1S/C11H10N4O4S/c1-7-13-14-11(20-7)12-10(16)6-19-9-4-2-8(3-5-9)15(17)18/h2-5H,6H2,1H3,(H,12,14,16). The Morgan fingerprint density at radius 1 is 1.40 bits per heavy atom. The highest BCUT2D eigenvalue weighted by Crippen LogP contribution is 2.17. The van der Waals surface area contributed by atoms with Gasteiger partial charge in [-0.05, 0) is 19.1 Å². The smallest absolute Gasteiger partial charge is 0.269 e. The lowest BCUT2D eigenvalue weighted by molar-refractivity contribution is -0.384. The third-order valence-electron chi connectivity index (χ3n) is 2.19. The lowest BCUT2D eigenvalue weighted by atomic mass is 10.3. The lowest BCUT2D eigenvalue weighted by Crippen LogP contribution is -2.20. The van der Waals surface area contributed by atoms with Crippen molar-refractivity contribution in [3.63, 3.8) is 0 Å². The molecule has 0 saturated carbocycles. The highest BCUT2D eigenvalue weighted by Gasteiger charge is 2.08. The Balaban J connectivity index is 1.85. The molecule has 0 aliphatic carbocycles. The highest BCUT2D eigenvalue weighted by atomic mass is 32.1. The summed E-state index contributed by atoms with van der Waals surface area (Å²) in [5, 5.41) is 21.7. The van der Waals surface area contributed by atoms with Gasteiger partial charge in [0, 0.05) is 12.1 Å². The zero-order valence-electron chi connectivity index (χ0n) is 10.4. The van der Waals surface area contributed by atoms with Gasteiger partial charge in [-0.15, -0.1) is 10.2 Å². The summed E-state index contributed by atoms with van der Waals surface area (Å²) in [7, 11) is 0. The fourth-order valence-corrected chi connectivity index (χ4v) is 1.92. The molecule has 0 bridgehead atoms. The van der Waals surface area contributed by atoms with E-state index in [1.807, 2.05) is 0 Å². The van der Waals surface area contributed by atoms with Gasteiger partial charge in [0.1, 0.15) is 10.8 Å². The molecular weight excluding hydrogens is 284 g/mol. The van der Waals surface area contributed by atoms with E-state index < -0.39 is 4.92 Å². The third kappa shape index (κ3) is 3.72. The van der Waals surface area contributed by atoms with Gasteiger partial charge in [0.2, 0.25) is 5.13 Å². The molecule has 1 N–H and O–H groups in total. The first-order valence-corrected chi connectivity index (χ1v) is 6.33. The number of amides is 1. The highest BCUT2D eigenvalue weighted by molar-refractivity contribution is 7.15. The van der Waals surface area contributed by atoms with Crippen molar-refractivity contribution >= 4 is 28.1 Å². The SMILES string of the molecule is Cc1nnc(NC(=O)COc2ccc([N+](=O)[O-])cc2)s1. The molecule has 2 rings (SSSR count). The summed E-state index contributed by atoms with van der Waals surface area (Å²) in [6.45, 7) is 1.57. The Hall–Kier alpha value is -2.55. The summed E-state index contributed by atoms with van der Waals surface area (Å²) in [6.07, 6.45) is 0. The normalized spacial score (nSPS) is 10.1. The monoisotopic (exact) mass is 294 g/mol. The van der Waals surface area contributed by atoms with Gasteiger partial charge in [-0.25, -0.2) is 0 Å². The Labute approximate surface area is 117 Å². The molecule has 0 aliphatic heterocycles. The molecule has 0 fully saturated rings. The third-order valence-corrected chi connectivity index (χ3v) is 2.94. The fourth-order valence-electron chi connectivity index (χ4n) is 1.32. The number of carbonyl (C=O) groups is 1. The largest absolute Gasteiger partial charge is 0.484 e. The number of nitro benzene ring substituents is 1. The Morgan fingerprint density at radius 2 is 2.10 bits per heavy atom. The molecule has 0 radical (unpaired) electrons. The first kappa shape index (κ1) is 13.9. The molecule has 0 spiro atoms. The number of non-ortho nitro benzene ring substituents is 1. The van der Waals surface area contributed by atoms with Crippen LogP contribution in [-0.4, -0.2) is 27.6 Å². The number of nitrogens with one attached hydrogen (secondary N) is 1. The molecule has 1 heterocycles. The number of anilines is 1. The summed E-state index contributed by atoms with van der Waals surface area (Å²) in [6, 6.07) is 5.48. The van der Waals surface area contributed by atoms with Crippen molar-refractivity contribution < 1.29 is 14.5 Å². The van der Waals surface area contributed by atoms with E-state index in [9.17, 15) is 14.9 Å². The van der Waals surface area contributed by atoms with Crippen LogP contribution in [0.5, 0.6) is 5.75 Å². The minimum absolute atomic E-state index is 0.0360. The van der Waals surface area contributed by atoms with Gasteiger partial charge in [0.25, 0.3) is 11.6 Å². The molecular formula is C11H10N4O4S. The Morgan fingerprint density at radius 3 is 2.65 bits per heavy atom. The average molecular weight is 294 g/mol. The summed E-state index contributed by atoms with van der Waals surface area (Å²) in [5.74, 6) is -0.00121.